The molecule has 1 saturated heterocycles. The second-order valence-electron chi connectivity index (χ2n) is 8.71. The van der Waals surface area contributed by atoms with Crippen LogP contribution in [0.5, 0.6) is 5.75 Å². The van der Waals surface area contributed by atoms with E-state index >= 15 is 0 Å². The number of nitriles is 1. The number of rotatable bonds is 7. The predicted octanol–water partition coefficient (Wildman–Crippen LogP) is 6.60. The van der Waals surface area contributed by atoms with E-state index in [1.165, 1.54) is 12.1 Å². The summed E-state index contributed by atoms with van der Waals surface area (Å²) in [5, 5.41) is 13.1. The smallest absolute Gasteiger partial charge is 0.405 e. The summed E-state index contributed by atoms with van der Waals surface area (Å²) in [5.41, 5.74) is 1.75. The van der Waals surface area contributed by atoms with Gasteiger partial charge in [0.1, 0.15) is 29.1 Å². The number of para-hydroxylation sites is 1. The SMILES string of the molecule is CC.N#Cc1ccc(N2CCC(OCc3c(-c4ccccc4OC(F)(F)F)noc3C3CC3)CC2)nc1. The summed E-state index contributed by atoms with van der Waals surface area (Å²) in [6, 6.07) is 11.6. The molecule has 0 atom stereocenters. The van der Waals surface area contributed by atoms with Crippen molar-refractivity contribution in [3.05, 3.63) is 59.5 Å². The molecule has 0 N–H and O–H groups in total. The van der Waals surface area contributed by atoms with E-state index in [1.54, 1.807) is 24.4 Å². The monoisotopic (exact) mass is 514 g/mol. The number of alkyl halides is 3. The van der Waals surface area contributed by atoms with Gasteiger partial charge < -0.3 is 18.9 Å². The van der Waals surface area contributed by atoms with Crippen molar-refractivity contribution in [2.75, 3.05) is 18.0 Å². The molecule has 7 nitrogen and oxygen atoms in total. The Morgan fingerprint density at radius 2 is 1.81 bits per heavy atom. The molecule has 2 aliphatic rings. The molecule has 1 aliphatic carbocycles. The number of ether oxygens (including phenoxy) is 2. The van der Waals surface area contributed by atoms with Gasteiger partial charge in [-0.15, -0.1) is 13.2 Å². The van der Waals surface area contributed by atoms with E-state index in [0.717, 1.165) is 44.6 Å². The van der Waals surface area contributed by atoms with Gasteiger partial charge in [-0.2, -0.15) is 5.26 Å². The van der Waals surface area contributed by atoms with Crippen molar-refractivity contribution in [3.8, 4) is 23.1 Å². The van der Waals surface area contributed by atoms with Crippen LogP contribution in [0.15, 0.2) is 47.1 Å². The number of aromatic nitrogens is 2. The van der Waals surface area contributed by atoms with Crippen LogP contribution in [0, 0.1) is 11.3 Å². The molecule has 37 heavy (non-hydrogen) atoms. The van der Waals surface area contributed by atoms with Crippen LogP contribution >= 0.6 is 0 Å². The van der Waals surface area contributed by atoms with Gasteiger partial charge in [-0.25, -0.2) is 4.98 Å². The Bertz CT molecular complexity index is 1210. The molecule has 2 fully saturated rings. The zero-order chi connectivity index (χ0) is 26.4. The number of hydrogen-bond acceptors (Lipinski definition) is 7. The summed E-state index contributed by atoms with van der Waals surface area (Å²) >= 11 is 0. The van der Waals surface area contributed by atoms with Crippen LogP contribution in [-0.2, 0) is 11.3 Å². The first-order chi connectivity index (χ1) is 17.9. The molecule has 196 valence electrons. The highest BCUT2D eigenvalue weighted by Gasteiger charge is 2.36. The minimum Gasteiger partial charge on any atom is -0.405 e. The van der Waals surface area contributed by atoms with Gasteiger partial charge in [0.05, 0.1) is 18.3 Å². The predicted molar refractivity (Wildman–Crippen MR) is 131 cm³/mol. The van der Waals surface area contributed by atoms with Crippen molar-refractivity contribution in [1.82, 2.24) is 10.1 Å². The second-order valence-corrected chi connectivity index (χ2v) is 8.71. The summed E-state index contributed by atoms with van der Waals surface area (Å²) in [7, 11) is 0. The van der Waals surface area contributed by atoms with Crippen LogP contribution in [0.25, 0.3) is 11.3 Å². The molecule has 5 rings (SSSR count). The van der Waals surface area contributed by atoms with E-state index < -0.39 is 6.36 Å². The third-order valence-electron chi connectivity index (χ3n) is 6.24. The van der Waals surface area contributed by atoms with Gasteiger partial charge in [-0.3, -0.25) is 0 Å². The molecule has 1 saturated carbocycles. The highest BCUT2D eigenvalue weighted by atomic mass is 19.4. The highest BCUT2D eigenvalue weighted by Crippen LogP contribution is 2.45. The van der Waals surface area contributed by atoms with E-state index in [-0.39, 0.29) is 29.9 Å². The average molecular weight is 515 g/mol. The first kappa shape index (κ1) is 26.5. The van der Waals surface area contributed by atoms with Crippen LogP contribution < -0.4 is 9.64 Å². The number of halogens is 3. The lowest BCUT2D eigenvalue weighted by molar-refractivity contribution is -0.274. The topological polar surface area (TPSA) is 84.4 Å². The van der Waals surface area contributed by atoms with E-state index in [4.69, 9.17) is 14.5 Å². The summed E-state index contributed by atoms with van der Waals surface area (Å²) in [5.74, 6) is 1.40. The minimum absolute atomic E-state index is 0.0129. The molecule has 0 unspecified atom stereocenters. The van der Waals surface area contributed by atoms with Crippen LogP contribution in [0.4, 0.5) is 19.0 Å². The number of hydrogen-bond donors (Lipinski definition) is 0. The Morgan fingerprint density at radius 3 is 2.43 bits per heavy atom. The zero-order valence-electron chi connectivity index (χ0n) is 20.8. The Kier molecular flexibility index (Phi) is 8.34. The van der Waals surface area contributed by atoms with Crippen LogP contribution in [-0.4, -0.2) is 35.7 Å². The van der Waals surface area contributed by atoms with Crippen molar-refractivity contribution >= 4 is 5.82 Å². The van der Waals surface area contributed by atoms with Gasteiger partial charge in [0.25, 0.3) is 0 Å². The van der Waals surface area contributed by atoms with E-state index in [2.05, 4.69) is 25.8 Å². The molecule has 3 aromatic rings. The van der Waals surface area contributed by atoms with E-state index in [9.17, 15) is 13.2 Å². The van der Waals surface area contributed by atoms with Gasteiger partial charge in [0, 0.05) is 36.3 Å². The Morgan fingerprint density at radius 1 is 1.08 bits per heavy atom. The maximum atomic E-state index is 13.0. The van der Waals surface area contributed by atoms with Gasteiger partial charge in [0.2, 0.25) is 0 Å². The molecular formula is C27H29F3N4O3. The van der Waals surface area contributed by atoms with Crippen molar-refractivity contribution in [1.29, 1.82) is 5.26 Å². The van der Waals surface area contributed by atoms with Crippen LogP contribution in [0.3, 0.4) is 0 Å². The standard InChI is InChI=1S/C25H23F3N4O3.C2H6/c26-25(27,28)34-21-4-2-1-3-19(21)23-20(24(35-31-23)17-6-7-17)15-33-18-9-11-32(12-10-18)22-8-5-16(13-29)14-30-22;1-2/h1-5,8,14,17-18H,6-7,9-12,15H2;1-2H3. The molecule has 0 amide bonds. The summed E-state index contributed by atoms with van der Waals surface area (Å²) in [4.78, 5) is 6.50. The van der Waals surface area contributed by atoms with Gasteiger partial charge in [-0.1, -0.05) is 31.1 Å². The molecular weight excluding hydrogens is 485 g/mol. The van der Waals surface area contributed by atoms with Crippen LogP contribution in [0.2, 0.25) is 0 Å². The summed E-state index contributed by atoms with van der Waals surface area (Å²) in [6.07, 6.45) is 0.194. The molecule has 2 aromatic heterocycles. The number of benzene rings is 1. The van der Waals surface area contributed by atoms with Crippen molar-refractivity contribution in [3.63, 3.8) is 0 Å². The lowest BCUT2D eigenvalue weighted by Gasteiger charge is -2.32. The molecule has 10 heteroatoms. The second kappa shape index (κ2) is 11.6. The van der Waals surface area contributed by atoms with Gasteiger partial charge >= 0.3 is 6.36 Å². The van der Waals surface area contributed by atoms with Crippen molar-refractivity contribution < 1.29 is 27.2 Å². The quantitative estimate of drug-likeness (QED) is 0.351. The first-order valence-corrected chi connectivity index (χ1v) is 12.5. The maximum Gasteiger partial charge on any atom is 0.573 e. The van der Waals surface area contributed by atoms with Gasteiger partial charge in [0.15, 0.2) is 0 Å². The minimum atomic E-state index is -4.81. The Labute approximate surface area is 213 Å². The number of anilines is 1. The molecule has 3 heterocycles. The highest BCUT2D eigenvalue weighted by molar-refractivity contribution is 5.70. The van der Waals surface area contributed by atoms with E-state index in [1.807, 2.05) is 19.9 Å². The van der Waals surface area contributed by atoms with Gasteiger partial charge in [-0.05, 0) is 49.9 Å². The fraction of sp³-hybridized carbons (Fsp3) is 0.444. The lowest BCUT2D eigenvalue weighted by atomic mass is 10.0. The largest absolute Gasteiger partial charge is 0.573 e. The Hall–Kier alpha value is -3.58. The average Bonchev–Trinajstić information content (AvgIpc) is 3.68. The summed E-state index contributed by atoms with van der Waals surface area (Å²) < 4.78 is 54.9. The number of nitrogens with zero attached hydrogens (tertiary/aromatic N) is 4. The lowest BCUT2D eigenvalue weighted by Crippen LogP contribution is -2.37. The Balaban J connectivity index is 0.00000156. The zero-order valence-corrected chi connectivity index (χ0v) is 20.8. The van der Waals surface area contributed by atoms with Crippen LogP contribution in [0.1, 0.15) is 62.3 Å². The van der Waals surface area contributed by atoms with Crippen molar-refractivity contribution in [2.24, 2.45) is 0 Å². The van der Waals surface area contributed by atoms with E-state index in [0.29, 0.717) is 22.6 Å². The number of piperidine rings is 1. The fourth-order valence-electron chi connectivity index (χ4n) is 4.31. The molecule has 0 radical (unpaired) electrons. The van der Waals surface area contributed by atoms with Crippen molar-refractivity contribution in [2.45, 2.75) is 64.5 Å². The summed E-state index contributed by atoms with van der Waals surface area (Å²) in [6.45, 7) is 5.69. The fourth-order valence-corrected chi connectivity index (χ4v) is 4.31. The molecule has 1 aromatic carbocycles. The molecule has 1 aliphatic heterocycles. The maximum absolute atomic E-state index is 13.0. The first-order valence-electron chi connectivity index (χ1n) is 12.5. The molecule has 0 bridgehead atoms. The third kappa shape index (κ3) is 6.60. The normalized spacial score (nSPS) is 16.1. The third-order valence-corrected chi connectivity index (χ3v) is 6.24. The number of pyridine rings is 1. The molecule has 0 spiro atoms.